The molecule has 2 amide bonds. The van der Waals surface area contributed by atoms with Gasteiger partial charge in [-0.2, -0.15) is 0 Å². The Morgan fingerprint density at radius 3 is 2.56 bits per heavy atom. The number of rotatable bonds is 7. The molecule has 0 aliphatic rings. The second-order valence-electron chi connectivity index (χ2n) is 5.55. The number of hydrogen-bond donors (Lipinski definition) is 2. The van der Waals surface area contributed by atoms with E-state index in [4.69, 9.17) is 22.1 Å². The second-order valence-corrected chi connectivity index (χ2v) is 5.91. The topological polar surface area (TPSA) is 86.3 Å². The van der Waals surface area contributed by atoms with E-state index in [1.807, 2.05) is 13.8 Å². The summed E-state index contributed by atoms with van der Waals surface area (Å²) in [6, 6.07) is 6.92. The number of hydrogen-bond acceptors (Lipinski definition) is 3. The van der Waals surface area contributed by atoms with Crippen LogP contribution in [0.1, 0.15) is 46.7 Å². The summed E-state index contributed by atoms with van der Waals surface area (Å²) >= 11 is 6.33. The van der Waals surface area contributed by atoms with Crippen molar-refractivity contribution in [3.8, 4) is 5.75 Å². The van der Waals surface area contributed by atoms with Crippen LogP contribution in [0.25, 0.3) is 0 Å². The van der Waals surface area contributed by atoms with Crippen molar-refractivity contribution in [1.29, 1.82) is 0 Å². The number of ether oxygens (including phenoxy) is 1. The summed E-state index contributed by atoms with van der Waals surface area (Å²) in [6.45, 7) is 4.27. The zero-order valence-electron chi connectivity index (χ0n) is 14.6. The maximum atomic E-state index is 12.8. The predicted octanol–water partition coefficient (Wildman–Crippen LogP) is 3.38. The van der Waals surface area contributed by atoms with Crippen LogP contribution in [0, 0.1) is 0 Å². The SMILES string of the molecule is CCCc1c(NC(=O)c2ccccc2OCC)c(C(N)=O)n(C)c1Cl. The van der Waals surface area contributed by atoms with Crippen LogP contribution in [0.15, 0.2) is 24.3 Å². The Labute approximate surface area is 151 Å². The zero-order chi connectivity index (χ0) is 18.6. The fourth-order valence-corrected chi connectivity index (χ4v) is 3.01. The average molecular weight is 364 g/mol. The summed E-state index contributed by atoms with van der Waals surface area (Å²) in [7, 11) is 1.64. The Hall–Kier alpha value is -2.47. The number of benzene rings is 1. The van der Waals surface area contributed by atoms with Crippen LogP contribution in [0.4, 0.5) is 5.69 Å². The van der Waals surface area contributed by atoms with Gasteiger partial charge in [0.05, 0.1) is 17.9 Å². The van der Waals surface area contributed by atoms with E-state index in [1.165, 1.54) is 4.57 Å². The molecule has 1 heterocycles. The molecule has 25 heavy (non-hydrogen) atoms. The number of nitrogens with two attached hydrogens (primary N) is 1. The van der Waals surface area contributed by atoms with Crippen molar-refractivity contribution in [2.75, 3.05) is 11.9 Å². The summed E-state index contributed by atoms with van der Waals surface area (Å²) in [5.41, 5.74) is 7.10. The third-order valence-corrected chi connectivity index (χ3v) is 4.30. The first-order valence-corrected chi connectivity index (χ1v) is 8.50. The molecule has 1 aromatic heterocycles. The summed E-state index contributed by atoms with van der Waals surface area (Å²) in [4.78, 5) is 24.6. The molecule has 0 spiro atoms. The number of aromatic nitrogens is 1. The van der Waals surface area contributed by atoms with E-state index < -0.39 is 5.91 Å². The number of anilines is 1. The van der Waals surface area contributed by atoms with Crippen molar-refractivity contribution in [1.82, 2.24) is 4.57 Å². The maximum absolute atomic E-state index is 12.8. The first-order valence-electron chi connectivity index (χ1n) is 8.12. The molecule has 0 atom stereocenters. The molecule has 0 bridgehead atoms. The van der Waals surface area contributed by atoms with Gasteiger partial charge < -0.3 is 20.4 Å². The molecular weight excluding hydrogens is 342 g/mol. The number of primary amides is 1. The van der Waals surface area contributed by atoms with Crippen LogP contribution in [0.3, 0.4) is 0 Å². The van der Waals surface area contributed by atoms with Gasteiger partial charge in [0, 0.05) is 12.6 Å². The Kier molecular flexibility index (Phi) is 6.09. The number of halogens is 1. The first kappa shape index (κ1) is 18.9. The molecular formula is C18H22ClN3O3. The van der Waals surface area contributed by atoms with Gasteiger partial charge in [0.2, 0.25) is 0 Å². The monoisotopic (exact) mass is 363 g/mol. The van der Waals surface area contributed by atoms with Crippen LogP contribution in [-0.4, -0.2) is 23.0 Å². The van der Waals surface area contributed by atoms with Crippen LogP contribution >= 0.6 is 11.6 Å². The number of nitrogens with zero attached hydrogens (tertiary/aromatic N) is 1. The Balaban J connectivity index is 2.48. The summed E-state index contributed by atoms with van der Waals surface area (Å²) < 4.78 is 7.00. The number of para-hydroxylation sites is 1. The predicted molar refractivity (Wildman–Crippen MR) is 98.5 cm³/mol. The third kappa shape index (κ3) is 3.79. The summed E-state index contributed by atoms with van der Waals surface area (Å²) in [5, 5.41) is 3.19. The van der Waals surface area contributed by atoms with Crippen molar-refractivity contribution < 1.29 is 14.3 Å². The molecule has 2 rings (SSSR count). The summed E-state index contributed by atoms with van der Waals surface area (Å²) in [6.07, 6.45) is 1.42. The highest BCUT2D eigenvalue weighted by atomic mass is 35.5. The van der Waals surface area contributed by atoms with Crippen molar-refractivity contribution in [3.05, 3.63) is 46.2 Å². The molecule has 3 N–H and O–H groups in total. The molecule has 0 saturated carbocycles. The van der Waals surface area contributed by atoms with E-state index in [9.17, 15) is 9.59 Å². The van der Waals surface area contributed by atoms with Gasteiger partial charge in [0.25, 0.3) is 11.8 Å². The molecule has 0 fully saturated rings. The van der Waals surface area contributed by atoms with Gasteiger partial charge in [-0.15, -0.1) is 0 Å². The molecule has 0 unspecified atom stereocenters. The van der Waals surface area contributed by atoms with E-state index in [2.05, 4.69) is 5.32 Å². The lowest BCUT2D eigenvalue weighted by Crippen LogP contribution is -2.20. The van der Waals surface area contributed by atoms with Crippen molar-refractivity contribution >= 4 is 29.1 Å². The van der Waals surface area contributed by atoms with Gasteiger partial charge in [-0.3, -0.25) is 9.59 Å². The molecule has 2 aromatic rings. The lowest BCUT2D eigenvalue weighted by Gasteiger charge is -2.12. The quantitative estimate of drug-likeness (QED) is 0.790. The van der Waals surface area contributed by atoms with Gasteiger partial charge in [0.15, 0.2) is 0 Å². The minimum Gasteiger partial charge on any atom is -0.493 e. The van der Waals surface area contributed by atoms with E-state index in [0.717, 1.165) is 6.42 Å². The smallest absolute Gasteiger partial charge is 0.267 e. The minimum atomic E-state index is -0.653. The number of amides is 2. The highest BCUT2D eigenvalue weighted by Gasteiger charge is 2.25. The number of nitrogens with one attached hydrogen (secondary N) is 1. The Morgan fingerprint density at radius 1 is 1.28 bits per heavy atom. The van der Waals surface area contributed by atoms with Crippen molar-refractivity contribution in [2.24, 2.45) is 12.8 Å². The molecule has 0 radical (unpaired) electrons. The van der Waals surface area contributed by atoms with Crippen LogP contribution < -0.4 is 15.8 Å². The molecule has 6 nitrogen and oxygen atoms in total. The van der Waals surface area contributed by atoms with Gasteiger partial charge in [-0.05, 0) is 25.5 Å². The highest BCUT2D eigenvalue weighted by Crippen LogP contribution is 2.33. The largest absolute Gasteiger partial charge is 0.493 e. The molecule has 0 aliphatic heterocycles. The van der Waals surface area contributed by atoms with E-state index in [-0.39, 0.29) is 11.6 Å². The van der Waals surface area contributed by atoms with E-state index in [0.29, 0.717) is 40.7 Å². The molecule has 0 saturated heterocycles. The molecule has 0 aliphatic carbocycles. The standard InChI is InChI=1S/C18H22ClN3O3/c1-4-8-12-14(15(17(20)23)22(3)16(12)19)21-18(24)11-9-6-7-10-13(11)25-5-2/h6-7,9-10H,4-5,8H2,1-3H3,(H2,20,23)(H,21,24). The van der Waals surface area contributed by atoms with E-state index in [1.54, 1.807) is 31.3 Å². The van der Waals surface area contributed by atoms with Gasteiger partial charge >= 0.3 is 0 Å². The lowest BCUT2D eigenvalue weighted by molar-refractivity contribution is 0.0993. The Bertz CT molecular complexity index is 799. The fourth-order valence-electron chi connectivity index (χ4n) is 2.73. The second kappa shape index (κ2) is 8.07. The molecule has 1 aromatic carbocycles. The Morgan fingerprint density at radius 2 is 1.96 bits per heavy atom. The summed E-state index contributed by atoms with van der Waals surface area (Å²) in [5.74, 6) is -0.562. The van der Waals surface area contributed by atoms with Crippen LogP contribution in [-0.2, 0) is 13.5 Å². The molecule has 7 heteroatoms. The fraction of sp³-hybridized carbons (Fsp3) is 0.333. The van der Waals surface area contributed by atoms with Crippen molar-refractivity contribution in [2.45, 2.75) is 26.7 Å². The van der Waals surface area contributed by atoms with Gasteiger partial charge in [-0.25, -0.2) is 0 Å². The molecule has 134 valence electrons. The zero-order valence-corrected chi connectivity index (χ0v) is 15.3. The van der Waals surface area contributed by atoms with Crippen LogP contribution in [0.2, 0.25) is 5.15 Å². The van der Waals surface area contributed by atoms with Crippen molar-refractivity contribution in [3.63, 3.8) is 0 Å². The lowest BCUT2D eigenvalue weighted by atomic mass is 10.1. The van der Waals surface area contributed by atoms with Gasteiger partial charge in [-0.1, -0.05) is 37.1 Å². The first-order chi connectivity index (χ1) is 11.9. The average Bonchev–Trinajstić information content (AvgIpc) is 2.80. The maximum Gasteiger partial charge on any atom is 0.267 e. The number of carbonyl (C=O) groups is 2. The number of carbonyl (C=O) groups excluding carboxylic acids is 2. The third-order valence-electron chi connectivity index (χ3n) is 3.82. The minimum absolute atomic E-state index is 0.177. The highest BCUT2D eigenvalue weighted by molar-refractivity contribution is 6.32. The van der Waals surface area contributed by atoms with Gasteiger partial charge in [0.1, 0.15) is 16.6 Å². The van der Waals surface area contributed by atoms with E-state index >= 15 is 0 Å². The van der Waals surface area contributed by atoms with Crippen LogP contribution in [0.5, 0.6) is 5.75 Å². The normalized spacial score (nSPS) is 10.6.